The highest BCUT2D eigenvalue weighted by Crippen LogP contribution is 2.40. The molecule has 1 aliphatic carbocycles. The lowest BCUT2D eigenvalue weighted by atomic mass is 9.86. The van der Waals surface area contributed by atoms with Crippen LogP contribution in [0, 0.1) is 11.4 Å². The first-order valence-electron chi connectivity index (χ1n) is 9.98. The summed E-state index contributed by atoms with van der Waals surface area (Å²) >= 11 is 0. The van der Waals surface area contributed by atoms with E-state index in [1.165, 1.54) is 6.92 Å². The van der Waals surface area contributed by atoms with Crippen molar-refractivity contribution in [1.82, 2.24) is 15.4 Å². The molecule has 158 valence electrons. The van der Waals surface area contributed by atoms with Crippen LogP contribution < -0.4 is 16.1 Å². The smallest absolute Gasteiger partial charge is 0.222 e. The SMILES string of the molecule is CC(=O)Nc1cc(-c2[nH]c3c(c2Nc2ccccc2)C(=O)CC(CNN=N)C3)ccn1. The molecule has 3 aromatic rings. The van der Waals surface area contributed by atoms with Crippen molar-refractivity contribution in [3.05, 3.63) is 59.9 Å². The number of nitrogens with one attached hydrogen (secondary N) is 5. The van der Waals surface area contributed by atoms with Crippen LogP contribution in [0.1, 0.15) is 29.4 Å². The molecule has 0 radical (unpaired) electrons. The number of fused-ring (bicyclic) bond motifs is 1. The highest BCUT2D eigenvalue weighted by atomic mass is 16.1. The van der Waals surface area contributed by atoms with Crippen molar-refractivity contribution in [3.63, 3.8) is 0 Å². The molecule has 0 saturated heterocycles. The maximum absolute atomic E-state index is 13.1. The van der Waals surface area contributed by atoms with Gasteiger partial charge < -0.3 is 15.6 Å². The Bertz CT molecular complexity index is 1120. The Kier molecular flexibility index (Phi) is 5.74. The van der Waals surface area contributed by atoms with Gasteiger partial charge in [0.2, 0.25) is 5.91 Å². The summed E-state index contributed by atoms with van der Waals surface area (Å²) in [5.41, 5.74) is 14.2. The molecule has 0 bridgehead atoms. The number of para-hydroxylation sites is 1. The van der Waals surface area contributed by atoms with Crippen LogP contribution in [-0.4, -0.2) is 28.2 Å². The Morgan fingerprint density at radius 2 is 2.06 bits per heavy atom. The Morgan fingerprint density at radius 1 is 1.26 bits per heavy atom. The van der Waals surface area contributed by atoms with Gasteiger partial charge in [0.25, 0.3) is 0 Å². The van der Waals surface area contributed by atoms with Crippen LogP contribution in [-0.2, 0) is 11.2 Å². The zero-order valence-electron chi connectivity index (χ0n) is 17.0. The number of carbonyl (C=O) groups is 2. The first-order valence-corrected chi connectivity index (χ1v) is 9.98. The minimum atomic E-state index is -0.205. The molecule has 2 aromatic heterocycles. The second kappa shape index (κ2) is 8.78. The molecular formula is C22H23N7O2. The topological polar surface area (TPSA) is 135 Å². The highest BCUT2D eigenvalue weighted by molar-refractivity contribution is 6.07. The first-order chi connectivity index (χ1) is 15.0. The Hall–Kier alpha value is -4.01. The fraction of sp³-hybridized carbons (Fsp3) is 0.227. The molecule has 0 aliphatic heterocycles. The van der Waals surface area contributed by atoms with Gasteiger partial charge in [-0.25, -0.2) is 4.98 Å². The molecule has 0 fully saturated rings. The fourth-order valence-electron chi connectivity index (χ4n) is 3.90. The van der Waals surface area contributed by atoms with Gasteiger partial charge in [0, 0.05) is 43.0 Å². The van der Waals surface area contributed by atoms with E-state index in [1.807, 2.05) is 36.4 Å². The number of rotatable bonds is 7. The molecule has 4 rings (SSSR count). The minimum Gasteiger partial charge on any atom is -0.356 e. The van der Waals surface area contributed by atoms with Crippen LogP contribution in [0.2, 0.25) is 0 Å². The van der Waals surface area contributed by atoms with E-state index in [-0.39, 0.29) is 17.6 Å². The van der Waals surface area contributed by atoms with Gasteiger partial charge in [-0.05, 0) is 36.6 Å². The van der Waals surface area contributed by atoms with Gasteiger partial charge in [0.05, 0.1) is 16.9 Å². The summed E-state index contributed by atoms with van der Waals surface area (Å²) in [6, 6.07) is 13.3. The average molecular weight is 417 g/mol. The molecule has 9 nitrogen and oxygen atoms in total. The molecule has 2 heterocycles. The number of aromatic amines is 1. The molecule has 1 atom stereocenters. The van der Waals surface area contributed by atoms with Crippen LogP contribution in [0.15, 0.2) is 53.9 Å². The third-order valence-electron chi connectivity index (χ3n) is 5.18. The summed E-state index contributed by atoms with van der Waals surface area (Å²) in [6.07, 6.45) is 2.66. The lowest BCUT2D eigenvalue weighted by molar-refractivity contribution is -0.114. The van der Waals surface area contributed by atoms with Gasteiger partial charge in [0.15, 0.2) is 5.78 Å². The van der Waals surface area contributed by atoms with Crippen molar-refractivity contribution in [2.75, 3.05) is 17.2 Å². The second-order valence-electron chi connectivity index (χ2n) is 7.50. The molecule has 0 spiro atoms. The zero-order valence-corrected chi connectivity index (χ0v) is 17.0. The average Bonchev–Trinajstić information content (AvgIpc) is 3.11. The summed E-state index contributed by atoms with van der Waals surface area (Å²) in [5, 5.41) is 9.30. The largest absolute Gasteiger partial charge is 0.356 e. The van der Waals surface area contributed by atoms with Crippen molar-refractivity contribution in [3.8, 4) is 11.3 Å². The number of Topliss-reactive ketones (excluding diaryl/α,β-unsaturated/α-hetero) is 1. The molecule has 1 aliphatic rings. The van der Waals surface area contributed by atoms with Crippen LogP contribution in [0.5, 0.6) is 0 Å². The van der Waals surface area contributed by atoms with Gasteiger partial charge in [0.1, 0.15) is 5.82 Å². The number of pyridine rings is 1. The molecule has 5 N–H and O–H groups in total. The maximum Gasteiger partial charge on any atom is 0.222 e. The fourth-order valence-corrected chi connectivity index (χ4v) is 3.90. The quantitative estimate of drug-likeness (QED) is 0.292. The Morgan fingerprint density at radius 3 is 2.81 bits per heavy atom. The number of nitrogens with zero attached hydrogens (tertiary/aromatic N) is 2. The zero-order chi connectivity index (χ0) is 21.8. The third kappa shape index (κ3) is 4.45. The number of ketones is 1. The molecule has 1 unspecified atom stereocenters. The van der Waals surface area contributed by atoms with Crippen molar-refractivity contribution in [1.29, 1.82) is 5.53 Å². The number of anilines is 3. The molecule has 1 aromatic carbocycles. The van der Waals surface area contributed by atoms with Gasteiger partial charge in [-0.1, -0.05) is 23.4 Å². The lowest BCUT2D eigenvalue weighted by Gasteiger charge is -2.21. The number of aromatic nitrogens is 2. The highest BCUT2D eigenvalue weighted by Gasteiger charge is 2.31. The van der Waals surface area contributed by atoms with E-state index in [1.54, 1.807) is 12.3 Å². The van der Waals surface area contributed by atoms with E-state index in [9.17, 15) is 9.59 Å². The standard InChI is InChI=1S/C22H23N7O2/c1-13(30)26-19-11-15(7-8-24-19)21-22(27-16-5-3-2-4-6-16)20-17(28-21)9-14(10-18(20)31)12-25-29-23/h2-8,11,14,27-28H,9-10,12H2,1H3,(H2,23,25)(H,24,26,30). The number of H-pyrrole nitrogens is 1. The van der Waals surface area contributed by atoms with Crippen molar-refractivity contribution < 1.29 is 9.59 Å². The van der Waals surface area contributed by atoms with E-state index < -0.39 is 0 Å². The summed E-state index contributed by atoms with van der Waals surface area (Å²) in [7, 11) is 0. The van der Waals surface area contributed by atoms with E-state index in [2.05, 4.69) is 31.3 Å². The van der Waals surface area contributed by atoms with Crippen LogP contribution >= 0.6 is 0 Å². The van der Waals surface area contributed by atoms with Crippen LogP contribution in [0.4, 0.5) is 17.2 Å². The molecule has 9 heteroatoms. The van der Waals surface area contributed by atoms with E-state index in [0.29, 0.717) is 36.5 Å². The summed E-state index contributed by atoms with van der Waals surface area (Å²) in [4.78, 5) is 32.2. The third-order valence-corrected chi connectivity index (χ3v) is 5.18. The van der Waals surface area contributed by atoms with E-state index >= 15 is 0 Å². The maximum atomic E-state index is 13.1. The van der Waals surface area contributed by atoms with Crippen molar-refractivity contribution in [2.24, 2.45) is 11.1 Å². The summed E-state index contributed by atoms with van der Waals surface area (Å²) in [6.45, 7) is 1.90. The first kappa shape index (κ1) is 20.3. The van der Waals surface area contributed by atoms with Crippen molar-refractivity contribution in [2.45, 2.75) is 19.8 Å². The minimum absolute atomic E-state index is 0.0371. The molecule has 1 amide bonds. The van der Waals surface area contributed by atoms with Gasteiger partial charge in [-0.2, -0.15) is 5.53 Å². The second-order valence-corrected chi connectivity index (χ2v) is 7.50. The molecule has 0 saturated carbocycles. The van der Waals surface area contributed by atoms with Gasteiger partial charge >= 0.3 is 0 Å². The molecular weight excluding hydrogens is 394 g/mol. The number of benzene rings is 1. The predicted octanol–water partition coefficient (Wildman–Crippen LogP) is 4.06. The Labute approximate surface area is 179 Å². The number of amides is 1. The van der Waals surface area contributed by atoms with E-state index in [4.69, 9.17) is 5.53 Å². The predicted molar refractivity (Wildman–Crippen MR) is 117 cm³/mol. The number of hydrogen-bond acceptors (Lipinski definition) is 6. The van der Waals surface area contributed by atoms with Crippen LogP contribution in [0.3, 0.4) is 0 Å². The van der Waals surface area contributed by atoms with Gasteiger partial charge in [-0.15, -0.1) is 0 Å². The van der Waals surface area contributed by atoms with Crippen molar-refractivity contribution >= 4 is 28.9 Å². The summed E-state index contributed by atoms with van der Waals surface area (Å²) < 4.78 is 0. The monoisotopic (exact) mass is 417 g/mol. The van der Waals surface area contributed by atoms with Gasteiger partial charge in [-0.3, -0.25) is 15.0 Å². The van der Waals surface area contributed by atoms with E-state index in [0.717, 1.165) is 22.6 Å². The number of carbonyl (C=O) groups excluding carboxylic acids is 2. The number of hydrogen-bond donors (Lipinski definition) is 5. The lowest BCUT2D eigenvalue weighted by Crippen LogP contribution is -2.27. The molecule has 31 heavy (non-hydrogen) atoms. The normalized spacial score (nSPS) is 15.1. The summed E-state index contributed by atoms with van der Waals surface area (Å²) in [5.74, 6) is 0.324. The Balaban J connectivity index is 1.78. The van der Waals surface area contributed by atoms with Crippen LogP contribution in [0.25, 0.3) is 11.3 Å².